The molecule has 0 bridgehead atoms. The number of ketones is 2. The standard InChI is InChI=1S/C22H30O6S/c1-13(28-29(25,26)27)20(24)22(3)11-9-19-18-6-4-14-12-15(23)5-7-16(14)17(18)8-10-21(19,22)2/h12-13,18-19H,4-11H2,1-3H3,(H,25,26,27)/t13-,18?,19?,21-,22+/m0/s1. The summed E-state index contributed by atoms with van der Waals surface area (Å²) in [7, 11) is -4.67. The van der Waals surface area contributed by atoms with E-state index in [1.807, 2.05) is 13.0 Å². The second-order valence-electron chi connectivity index (χ2n) is 9.71. The quantitative estimate of drug-likeness (QED) is 0.688. The predicted molar refractivity (Wildman–Crippen MR) is 107 cm³/mol. The van der Waals surface area contributed by atoms with E-state index in [4.69, 9.17) is 4.55 Å². The van der Waals surface area contributed by atoms with E-state index in [9.17, 15) is 18.0 Å². The fourth-order valence-corrected chi connectivity index (χ4v) is 7.33. The van der Waals surface area contributed by atoms with Gasteiger partial charge in [0.15, 0.2) is 11.6 Å². The van der Waals surface area contributed by atoms with Crippen molar-refractivity contribution in [3.63, 3.8) is 0 Å². The summed E-state index contributed by atoms with van der Waals surface area (Å²) < 4.78 is 35.9. The lowest BCUT2D eigenvalue weighted by Crippen LogP contribution is -2.50. The molecule has 0 saturated heterocycles. The Kier molecular flexibility index (Phi) is 4.95. The molecule has 0 aromatic rings. The Morgan fingerprint density at radius 3 is 2.59 bits per heavy atom. The number of fused-ring (bicyclic) bond motifs is 4. The third-order valence-corrected chi connectivity index (χ3v) is 9.05. The first kappa shape index (κ1) is 20.9. The molecule has 2 unspecified atom stereocenters. The van der Waals surface area contributed by atoms with Crippen LogP contribution < -0.4 is 0 Å². The number of carbonyl (C=O) groups is 2. The van der Waals surface area contributed by atoms with Gasteiger partial charge in [-0.3, -0.25) is 14.1 Å². The summed E-state index contributed by atoms with van der Waals surface area (Å²) in [5, 5.41) is 0. The van der Waals surface area contributed by atoms with Gasteiger partial charge in [0.1, 0.15) is 6.10 Å². The first-order valence-electron chi connectivity index (χ1n) is 10.6. The molecule has 0 aromatic heterocycles. The van der Waals surface area contributed by atoms with Crippen molar-refractivity contribution in [3.8, 4) is 0 Å². The first-order chi connectivity index (χ1) is 13.5. The molecule has 2 fully saturated rings. The Hall–Kier alpha value is -1.31. The molecule has 0 aliphatic heterocycles. The number of hydrogen-bond donors (Lipinski definition) is 1. The lowest BCUT2D eigenvalue weighted by molar-refractivity contribution is -0.143. The Morgan fingerprint density at radius 1 is 1.17 bits per heavy atom. The molecule has 0 spiro atoms. The van der Waals surface area contributed by atoms with Crippen LogP contribution >= 0.6 is 0 Å². The molecule has 0 aromatic carbocycles. The van der Waals surface area contributed by atoms with E-state index in [2.05, 4.69) is 11.1 Å². The second-order valence-corrected chi connectivity index (χ2v) is 10.8. The summed E-state index contributed by atoms with van der Waals surface area (Å²) in [6.07, 6.45) is 7.44. The zero-order valence-electron chi connectivity index (χ0n) is 17.4. The number of Topliss-reactive ketones (excluding diaryl/α,β-unsaturated/α-hetero) is 1. The van der Waals surface area contributed by atoms with Gasteiger partial charge in [-0.05, 0) is 86.3 Å². The minimum Gasteiger partial charge on any atom is -0.296 e. The van der Waals surface area contributed by atoms with E-state index >= 15 is 0 Å². The molecule has 29 heavy (non-hydrogen) atoms. The molecular weight excluding hydrogens is 392 g/mol. The zero-order chi connectivity index (χ0) is 21.2. The largest absolute Gasteiger partial charge is 0.398 e. The van der Waals surface area contributed by atoms with Crippen molar-refractivity contribution in [1.82, 2.24) is 0 Å². The summed E-state index contributed by atoms with van der Waals surface area (Å²) in [5.74, 6) is 0.789. The monoisotopic (exact) mass is 422 g/mol. The Labute approximate surface area is 172 Å². The summed E-state index contributed by atoms with van der Waals surface area (Å²) in [6.45, 7) is 5.54. The number of carbonyl (C=O) groups excluding carboxylic acids is 2. The van der Waals surface area contributed by atoms with Gasteiger partial charge in [-0.1, -0.05) is 19.4 Å². The van der Waals surface area contributed by atoms with Gasteiger partial charge < -0.3 is 0 Å². The SMILES string of the molecule is C[C@H](OS(=O)(=O)O)C(=O)[C@@]1(C)CCC2C3CCC4=CC(=O)CCC4=C3CC[C@@]21C. The van der Waals surface area contributed by atoms with Gasteiger partial charge in [-0.15, -0.1) is 0 Å². The summed E-state index contributed by atoms with van der Waals surface area (Å²) >= 11 is 0. The van der Waals surface area contributed by atoms with Gasteiger partial charge >= 0.3 is 10.4 Å². The Bertz CT molecular complexity index is 929. The predicted octanol–water partition coefficient (Wildman–Crippen LogP) is 3.98. The molecule has 6 nitrogen and oxygen atoms in total. The van der Waals surface area contributed by atoms with Crippen LogP contribution in [0.5, 0.6) is 0 Å². The normalized spacial score (nSPS) is 38.1. The molecule has 0 heterocycles. The minimum atomic E-state index is -4.67. The molecule has 4 rings (SSSR count). The topological polar surface area (TPSA) is 97.7 Å². The van der Waals surface area contributed by atoms with E-state index < -0.39 is 21.9 Å². The molecule has 5 atom stereocenters. The van der Waals surface area contributed by atoms with Crippen molar-refractivity contribution in [2.45, 2.75) is 78.2 Å². The summed E-state index contributed by atoms with van der Waals surface area (Å²) in [6, 6.07) is 0. The highest BCUT2D eigenvalue weighted by Gasteiger charge is 2.62. The van der Waals surface area contributed by atoms with Crippen LogP contribution in [0.25, 0.3) is 0 Å². The van der Waals surface area contributed by atoms with Crippen molar-refractivity contribution in [1.29, 1.82) is 0 Å². The Morgan fingerprint density at radius 2 is 1.90 bits per heavy atom. The van der Waals surface area contributed by atoms with Crippen LogP contribution in [0.15, 0.2) is 22.8 Å². The van der Waals surface area contributed by atoms with Crippen molar-refractivity contribution < 1.29 is 26.7 Å². The molecule has 0 amide bonds. The fourth-order valence-electron chi connectivity index (χ4n) is 6.88. The van der Waals surface area contributed by atoms with Gasteiger partial charge in [-0.2, -0.15) is 8.42 Å². The molecule has 4 aliphatic carbocycles. The first-order valence-corrected chi connectivity index (χ1v) is 12.0. The molecular formula is C22H30O6S. The van der Waals surface area contributed by atoms with Crippen molar-refractivity contribution in [3.05, 3.63) is 22.8 Å². The smallest absolute Gasteiger partial charge is 0.296 e. The van der Waals surface area contributed by atoms with Gasteiger partial charge in [0, 0.05) is 11.8 Å². The highest BCUT2D eigenvalue weighted by atomic mass is 32.3. The van der Waals surface area contributed by atoms with Crippen LogP contribution in [0.3, 0.4) is 0 Å². The summed E-state index contributed by atoms with van der Waals surface area (Å²) in [4.78, 5) is 25.1. The molecule has 160 valence electrons. The maximum Gasteiger partial charge on any atom is 0.398 e. The van der Waals surface area contributed by atoms with Gasteiger partial charge in [0.25, 0.3) is 0 Å². The van der Waals surface area contributed by atoms with E-state index in [0.29, 0.717) is 24.7 Å². The molecule has 2 saturated carbocycles. The zero-order valence-corrected chi connectivity index (χ0v) is 18.2. The molecule has 7 heteroatoms. The van der Waals surface area contributed by atoms with Crippen molar-refractivity contribution >= 4 is 22.0 Å². The lowest BCUT2D eigenvalue weighted by atomic mass is 9.51. The number of allylic oxidation sites excluding steroid dienone is 4. The van der Waals surface area contributed by atoms with Crippen LogP contribution in [0.4, 0.5) is 0 Å². The molecule has 4 aliphatic rings. The number of hydrogen-bond acceptors (Lipinski definition) is 5. The maximum absolute atomic E-state index is 13.3. The van der Waals surface area contributed by atoms with Crippen molar-refractivity contribution in [2.24, 2.45) is 22.7 Å². The van der Waals surface area contributed by atoms with Gasteiger partial charge in [0.2, 0.25) is 0 Å². The summed E-state index contributed by atoms with van der Waals surface area (Å²) in [5.41, 5.74) is 3.20. The molecule has 1 N–H and O–H groups in total. The van der Waals surface area contributed by atoms with Gasteiger partial charge in [-0.25, -0.2) is 4.18 Å². The maximum atomic E-state index is 13.3. The highest BCUT2D eigenvalue weighted by molar-refractivity contribution is 7.80. The average Bonchev–Trinajstić information content (AvgIpc) is 2.91. The van der Waals surface area contributed by atoms with E-state index in [-0.39, 0.29) is 17.0 Å². The van der Waals surface area contributed by atoms with E-state index in [0.717, 1.165) is 38.5 Å². The van der Waals surface area contributed by atoms with Crippen molar-refractivity contribution in [2.75, 3.05) is 0 Å². The highest BCUT2D eigenvalue weighted by Crippen LogP contribution is 2.67. The van der Waals surface area contributed by atoms with Crippen LogP contribution in [-0.4, -0.2) is 30.6 Å². The minimum absolute atomic E-state index is 0.232. The Balaban J connectivity index is 1.65. The van der Waals surface area contributed by atoms with Crippen LogP contribution in [-0.2, 0) is 24.2 Å². The lowest BCUT2D eigenvalue weighted by Gasteiger charge is -2.52. The van der Waals surface area contributed by atoms with Gasteiger partial charge in [0.05, 0.1) is 0 Å². The second kappa shape index (κ2) is 6.86. The van der Waals surface area contributed by atoms with Crippen LogP contribution in [0, 0.1) is 22.7 Å². The number of rotatable bonds is 4. The fraction of sp³-hybridized carbons (Fsp3) is 0.727. The van der Waals surface area contributed by atoms with Crippen LogP contribution in [0.1, 0.15) is 72.1 Å². The van der Waals surface area contributed by atoms with Crippen LogP contribution in [0.2, 0.25) is 0 Å². The van der Waals surface area contributed by atoms with E-state index in [1.165, 1.54) is 23.6 Å². The third kappa shape index (κ3) is 3.26. The third-order valence-electron chi connectivity index (χ3n) is 8.52. The average molecular weight is 423 g/mol. The van der Waals surface area contributed by atoms with E-state index in [1.54, 1.807) is 0 Å². The molecule has 0 radical (unpaired) electrons.